The first-order chi connectivity index (χ1) is 7.79. The normalized spacial score (nSPS) is 9.75. The lowest BCUT2D eigenvalue weighted by Crippen LogP contribution is -2.21. The second-order valence-corrected chi connectivity index (χ2v) is 2.89. The van der Waals surface area contributed by atoms with Crippen LogP contribution in [0.15, 0.2) is 30.7 Å². The van der Waals surface area contributed by atoms with Gasteiger partial charge in [0.1, 0.15) is 17.6 Å². The molecular weight excluding hydrogens is 206 g/mol. The van der Waals surface area contributed by atoms with Crippen molar-refractivity contribution in [1.82, 2.24) is 19.7 Å². The van der Waals surface area contributed by atoms with Crippen molar-refractivity contribution < 1.29 is 0 Å². The van der Waals surface area contributed by atoms with Gasteiger partial charge in [0.2, 0.25) is 0 Å². The molecule has 80 valence electrons. The van der Waals surface area contributed by atoms with E-state index in [1.165, 1.54) is 6.07 Å². The molecule has 0 spiro atoms. The van der Waals surface area contributed by atoms with Crippen LogP contribution in [0.2, 0.25) is 0 Å². The Bertz CT molecular complexity index is 545. The molecule has 2 heterocycles. The smallest absolute Gasteiger partial charge is 0.152 e. The maximum Gasteiger partial charge on any atom is 0.152 e. The van der Waals surface area contributed by atoms with Crippen molar-refractivity contribution in [3.8, 4) is 0 Å². The van der Waals surface area contributed by atoms with Gasteiger partial charge in [0.15, 0.2) is 5.82 Å². The minimum atomic E-state index is 0.139. The van der Waals surface area contributed by atoms with Crippen molar-refractivity contribution in [3.63, 3.8) is 0 Å². The quantitative estimate of drug-likeness (QED) is 0.507. The highest BCUT2D eigenvalue weighted by Gasteiger charge is 1.98. The molecule has 2 rings (SSSR count). The van der Waals surface area contributed by atoms with Crippen LogP contribution < -0.4 is 10.8 Å². The zero-order valence-electron chi connectivity index (χ0n) is 8.25. The van der Waals surface area contributed by atoms with E-state index in [4.69, 9.17) is 10.8 Å². The molecule has 0 aliphatic heterocycles. The molecule has 3 N–H and O–H groups in total. The van der Waals surface area contributed by atoms with Crippen molar-refractivity contribution >= 4 is 18.0 Å². The Kier molecular flexibility index (Phi) is 2.68. The molecule has 2 aromatic rings. The van der Waals surface area contributed by atoms with Crippen molar-refractivity contribution in [1.29, 1.82) is 10.8 Å². The number of hydrogen-bond donors (Lipinski definition) is 3. The van der Waals surface area contributed by atoms with Gasteiger partial charge in [-0.05, 0) is 12.1 Å². The summed E-state index contributed by atoms with van der Waals surface area (Å²) in [5.74, 6) is 1.06. The molecule has 7 nitrogen and oxygen atoms in total. The number of rotatable bonds is 3. The Morgan fingerprint density at radius 3 is 2.81 bits per heavy atom. The molecule has 0 unspecified atom stereocenters. The fourth-order valence-electron chi connectivity index (χ4n) is 1.10. The molecule has 0 aliphatic rings. The average Bonchev–Trinajstić information content (AvgIpc) is 2.33. The topological polar surface area (TPSA) is 103 Å². The van der Waals surface area contributed by atoms with Gasteiger partial charge in [0, 0.05) is 12.4 Å². The van der Waals surface area contributed by atoms with Gasteiger partial charge in [-0.1, -0.05) is 0 Å². The van der Waals surface area contributed by atoms with Crippen molar-refractivity contribution in [3.05, 3.63) is 36.2 Å². The van der Waals surface area contributed by atoms with Gasteiger partial charge in [0.05, 0.1) is 6.20 Å². The van der Waals surface area contributed by atoms with E-state index >= 15 is 0 Å². The summed E-state index contributed by atoms with van der Waals surface area (Å²) in [6.07, 6.45) is 5.66. The SMILES string of the molecule is N=Cn1nc(Nc2cnccn2)ccc1=N. The minimum Gasteiger partial charge on any atom is -0.322 e. The van der Waals surface area contributed by atoms with Crippen LogP contribution >= 0.6 is 0 Å². The predicted octanol–water partition coefficient (Wildman–Crippen LogP) is 0.351. The van der Waals surface area contributed by atoms with Crippen LogP contribution in [0.4, 0.5) is 11.6 Å². The van der Waals surface area contributed by atoms with Crippen molar-refractivity contribution in [2.45, 2.75) is 0 Å². The van der Waals surface area contributed by atoms with Crippen LogP contribution in [0.1, 0.15) is 0 Å². The molecular formula is C9H9N7. The summed E-state index contributed by atoms with van der Waals surface area (Å²) in [5, 5.41) is 21.4. The Morgan fingerprint density at radius 1 is 1.25 bits per heavy atom. The van der Waals surface area contributed by atoms with Crippen LogP contribution in [-0.4, -0.2) is 26.1 Å². The summed E-state index contributed by atoms with van der Waals surface area (Å²) in [6, 6.07) is 3.17. The summed E-state index contributed by atoms with van der Waals surface area (Å²) in [4.78, 5) is 7.92. The first-order valence-corrected chi connectivity index (χ1v) is 4.47. The van der Waals surface area contributed by atoms with Gasteiger partial charge in [-0.3, -0.25) is 15.8 Å². The van der Waals surface area contributed by atoms with Gasteiger partial charge in [0.25, 0.3) is 0 Å². The van der Waals surface area contributed by atoms with E-state index in [-0.39, 0.29) is 5.49 Å². The predicted molar refractivity (Wildman–Crippen MR) is 57.6 cm³/mol. The second-order valence-electron chi connectivity index (χ2n) is 2.89. The minimum absolute atomic E-state index is 0.139. The van der Waals surface area contributed by atoms with Crippen LogP contribution in [0.3, 0.4) is 0 Å². The third-order valence-electron chi connectivity index (χ3n) is 1.80. The van der Waals surface area contributed by atoms with E-state index in [0.29, 0.717) is 11.6 Å². The Balaban J connectivity index is 2.29. The van der Waals surface area contributed by atoms with Crippen LogP contribution in [-0.2, 0) is 0 Å². The first-order valence-electron chi connectivity index (χ1n) is 4.47. The molecule has 0 aromatic carbocycles. The largest absolute Gasteiger partial charge is 0.322 e. The van der Waals surface area contributed by atoms with E-state index in [1.54, 1.807) is 24.7 Å². The molecule has 16 heavy (non-hydrogen) atoms. The molecule has 0 aliphatic carbocycles. The average molecular weight is 215 g/mol. The number of anilines is 2. The summed E-state index contributed by atoms with van der Waals surface area (Å²) >= 11 is 0. The third-order valence-corrected chi connectivity index (χ3v) is 1.80. The molecule has 0 atom stereocenters. The van der Waals surface area contributed by atoms with E-state index in [0.717, 1.165) is 11.0 Å². The van der Waals surface area contributed by atoms with Crippen LogP contribution in [0, 0.1) is 10.8 Å². The first kappa shape index (κ1) is 9.97. The van der Waals surface area contributed by atoms with Gasteiger partial charge < -0.3 is 5.32 Å². The van der Waals surface area contributed by atoms with E-state index in [1.807, 2.05) is 0 Å². The Hall–Kier alpha value is -2.57. The summed E-state index contributed by atoms with van der Waals surface area (Å²) in [5.41, 5.74) is 0.139. The fourth-order valence-corrected chi connectivity index (χ4v) is 1.10. The number of aromatic nitrogens is 4. The zero-order chi connectivity index (χ0) is 11.4. The maximum absolute atomic E-state index is 7.44. The molecule has 0 saturated heterocycles. The molecule has 2 aromatic heterocycles. The van der Waals surface area contributed by atoms with Gasteiger partial charge in [-0.2, -0.15) is 0 Å². The summed E-state index contributed by atoms with van der Waals surface area (Å²) in [6.45, 7) is 0. The number of nitrogens with zero attached hydrogens (tertiary/aromatic N) is 4. The van der Waals surface area contributed by atoms with E-state index in [2.05, 4.69) is 20.4 Å². The maximum atomic E-state index is 7.44. The fraction of sp³-hybridized carbons (Fsp3) is 0. The molecule has 0 fully saturated rings. The zero-order valence-corrected chi connectivity index (χ0v) is 8.25. The Labute approximate surface area is 90.8 Å². The summed E-state index contributed by atoms with van der Waals surface area (Å²) in [7, 11) is 0. The molecule has 0 amide bonds. The highest BCUT2D eigenvalue weighted by Crippen LogP contribution is 2.06. The lowest BCUT2D eigenvalue weighted by Gasteiger charge is -2.04. The number of hydrogen-bond acceptors (Lipinski definition) is 6. The highest BCUT2D eigenvalue weighted by molar-refractivity contribution is 5.55. The molecule has 0 bridgehead atoms. The van der Waals surface area contributed by atoms with Crippen molar-refractivity contribution in [2.24, 2.45) is 0 Å². The van der Waals surface area contributed by atoms with Crippen LogP contribution in [0.5, 0.6) is 0 Å². The van der Waals surface area contributed by atoms with E-state index in [9.17, 15) is 0 Å². The van der Waals surface area contributed by atoms with Crippen LogP contribution in [0.25, 0.3) is 0 Å². The molecule has 7 heteroatoms. The summed E-state index contributed by atoms with van der Waals surface area (Å²) < 4.78 is 1.14. The molecule has 0 radical (unpaired) electrons. The highest BCUT2D eigenvalue weighted by atomic mass is 15.3. The number of nitrogens with one attached hydrogen (secondary N) is 3. The van der Waals surface area contributed by atoms with Crippen molar-refractivity contribution in [2.75, 3.05) is 5.32 Å². The van der Waals surface area contributed by atoms with Gasteiger partial charge in [-0.25, -0.2) is 9.67 Å². The lowest BCUT2D eigenvalue weighted by atomic mass is 10.5. The van der Waals surface area contributed by atoms with Gasteiger partial charge in [-0.15, -0.1) is 5.10 Å². The standard InChI is InChI=1S/C9H9N7/c10-6-16-7(11)1-2-8(15-16)14-9-5-12-3-4-13-9/h1-6,10-11H,(H,13,14,15). The van der Waals surface area contributed by atoms with E-state index < -0.39 is 0 Å². The van der Waals surface area contributed by atoms with Gasteiger partial charge >= 0.3 is 0 Å². The lowest BCUT2D eigenvalue weighted by molar-refractivity contribution is 0.832. The third kappa shape index (κ3) is 2.08. The molecule has 0 saturated carbocycles. The monoisotopic (exact) mass is 215 g/mol. The Morgan fingerprint density at radius 2 is 2.12 bits per heavy atom. The second kappa shape index (κ2) is 4.30.